The topological polar surface area (TPSA) is 26.7 Å². The van der Waals surface area contributed by atoms with Crippen LogP contribution < -0.4 is 0 Å². The summed E-state index contributed by atoms with van der Waals surface area (Å²) in [5.74, 6) is 0. The molecule has 3 aliphatic rings. The molecule has 0 amide bonds. The lowest BCUT2D eigenvalue weighted by Crippen LogP contribution is -2.64. The Morgan fingerprint density at radius 1 is 1.00 bits per heavy atom. The smallest absolute Gasteiger partial charge is 0.0707 e. The maximum absolute atomic E-state index is 10.3. The SMILES string of the molecule is CCCCCCCCC(O)C1CN2CCN1CC2. The van der Waals surface area contributed by atoms with Gasteiger partial charge in [-0.25, -0.2) is 0 Å². The average molecular weight is 254 g/mol. The summed E-state index contributed by atoms with van der Waals surface area (Å²) in [7, 11) is 0. The zero-order valence-electron chi connectivity index (χ0n) is 12.0. The molecular weight excluding hydrogens is 224 g/mol. The molecule has 106 valence electrons. The van der Waals surface area contributed by atoms with Gasteiger partial charge in [0.25, 0.3) is 0 Å². The van der Waals surface area contributed by atoms with Crippen molar-refractivity contribution in [2.45, 2.75) is 64.0 Å². The van der Waals surface area contributed by atoms with E-state index in [2.05, 4.69) is 16.7 Å². The van der Waals surface area contributed by atoms with Gasteiger partial charge in [0.2, 0.25) is 0 Å². The molecule has 0 aliphatic carbocycles. The molecule has 3 heteroatoms. The molecule has 0 radical (unpaired) electrons. The van der Waals surface area contributed by atoms with Crippen molar-refractivity contribution in [3.8, 4) is 0 Å². The lowest BCUT2D eigenvalue weighted by atomic mass is 9.97. The molecular formula is C15H30N2O. The zero-order valence-corrected chi connectivity index (χ0v) is 12.0. The molecule has 1 N–H and O–H groups in total. The summed E-state index contributed by atoms with van der Waals surface area (Å²) in [5.41, 5.74) is 0. The number of rotatable bonds is 8. The van der Waals surface area contributed by atoms with Gasteiger partial charge in [0.15, 0.2) is 0 Å². The molecule has 18 heavy (non-hydrogen) atoms. The van der Waals surface area contributed by atoms with Crippen LogP contribution >= 0.6 is 0 Å². The first-order chi connectivity index (χ1) is 8.81. The fourth-order valence-corrected chi connectivity index (χ4v) is 3.35. The molecule has 3 saturated heterocycles. The summed E-state index contributed by atoms with van der Waals surface area (Å²) in [6.07, 6.45) is 8.81. The Bertz CT molecular complexity index is 227. The quantitative estimate of drug-likeness (QED) is 0.672. The van der Waals surface area contributed by atoms with Crippen LogP contribution in [0.15, 0.2) is 0 Å². The highest BCUT2D eigenvalue weighted by atomic mass is 16.3. The van der Waals surface area contributed by atoms with Crippen LogP contribution in [-0.2, 0) is 0 Å². The number of unbranched alkanes of at least 4 members (excludes halogenated alkanes) is 5. The predicted molar refractivity (Wildman–Crippen MR) is 75.8 cm³/mol. The summed E-state index contributed by atoms with van der Waals surface area (Å²) < 4.78 is 0. The van der Waals surface area contributed by atoms with Gasteiger partial charge < -0.3 is 5.11 Å². The summed E-state index contributed by atoms with van der Waals surface area (Å²) in [6, 6.07) is 0.420. The molecule has 0 saturated carbocycles. The Morgan fingerprint density at radius 3 is 2.28 bits per heavy atom. The summed E-state index contributed by atoms with van der Waals surface area (Å²) >= 11 is 0. The molecule has 2 bridgehead atoms. The van der Waals surface area contributed by atoms with E-state index in [4.69, 9.17) is 0 Å². The van der Waals surface area contributed by atoms with Gasteiger partial charge in [-0.3, -0.25) is 9.80 Å². The Labute approximate surface area is 112 Å². The molecule has 3 heterocycles. The molecule has 0 aromatic rings. The number of aliphatic hydroxyl groups excluding tert-OH is 1. The number of aliphatic hydroxyl groups is 1. The molecule has 2 atom stereocenters. The van der Waals surface area contributed by atoms with Gasteiger partial charge in [-0.1, -0.05) is 45.4 Å². The van der Waals surface area contributed by atoms with Crippen molar-refractivity contribution in [3.05, 3.63) is 0 Å². The second-order valence-corrected chi connectivity index (χ2v) is 6.03. The van der Waals surface area contributed by atoms with Crippen molar-refractivity contribution in [3.63, 3.8) is 0 Å². The maximum atomic E-state index is 10.3. The molecule has 0 spiro atoms. The van der Waals surface area contributed by atoms with Gasteiger partial charge in [0.05, 0.1) is 6.10 Å². The number of hydrogen-bond acceptors (Lipinski definition) is 3. The summed E-state index contributed by atoms with van der Waals surface area (Å²) in [4.78, 5) is 5.01. The Kier molecular flexibility index (Phi) is 5.93. The van der Waals surface area contributed by atoms with Crippen molar-refractivity contribution in [2.24, 2.45) is 0 Å². The minimum Gasteiger partial charge on any atom is -0.391 e. The number of piperazine rings is 3. The van der Waals surface area contributed by atoms with Gasteiger partial charge in [-0.05, 0) is 6.42 Å². The molecule has 3 aliphatic heterocycles. The van der Waals surface area contributed by atoms with Crippen LogP contribution in [0.2, 0.25) is 0 Å². The van der Waals surface area contributed by atoms with Gasteiger partial charge in [0, 0.05) is 38.8 Å². The number of hydrogen-bond donors (Lipinski definition) is 1. The van der Waals surface area contributed by atoms with Crippen molar-refractivity contribution in [2.75, 3.05) is 32.7 Å². The van der Waals surface area contributed by atoms with E-state index in [0.29, 0.717) is 6.04 Å². The molecule has 2 unspecified atom stereocenters. The first-order valence-electron chi connectivity index (χ1n) is 7.95. The van der Waals surface area contributed by atoms with Crippen LogP contribution in [-0.4, -0.2) is 59.8 Å². The highest BCUT2D eigenvalue weighted by Crippen LogP contribution is 2.21. The maximum Gasteiger partial charge on any atom is 0.0707 e. The normalized spacial score (nSPS) is 32.7. The van der Waals surface area contributed by atoms with Crippen molar-refractivity contribution in [1.82, 2.24) is 9.80 Å². The molecule has 3 rings (SSSR count). The van der Waals surface area contributed by atoms with E-state index in [1.54, 1.807) is 0 Å². The standard InChI is InChI=1S/C15H30N2O/c1-2-3-4-5-6-7-8-15(18)14-13-16-9-11-17(14)12-10-16/h14-15,18H,2-13H2,1H3. The van der Waals surface area contributed by atoms with Crippen molar-refractivity contribution < 1.29 is 5.11 Å². The van der Waals surface area contributed by atoms with Crippen LogP contribution in [0.25, 0.3) is 0 Å². The molecule has 3 fully saturated rings. The Balaban J connectivity index is 1.58. The van der Waals surface area contributed by atoms with Crippen LogP contribution in [0, 0.1) is 0 Å². The minimum atomic E-state index is -0.0979. The molecule has 3 nitrogen and oxygen atoms in total. The fraction of sp³-hybridized carbons (Fsp3) is 1.00. The van der Waals surface area contributed by atoms with Gasteiger partial charge in [-0.2, -0.15) is 0 Å². The van der Waals surface area contributed by atoms with E-state index < -0.39 is 0 Å². The predicted octanol–water partition coefficient (Wildman–Crippen LogP) is 2.10. The number of nitrogens with zero attached hydrogens (tertiary/aromatic N) is 2. The average Bonchev–Trinajstić information content (AvgIpc) is 2.43. The first-order valence-corrected chi connectivity index (χ1v) is 7.95. The van der Waals surface area contributed by atoms with Gasteiger partial charge in [-0.15, -0.1) is 0 Å². The lowest BCUT2D eigenvalue weighted by Gasteiger charge is -2.49. The number of fused-ring (bicyclic) bond motifs is 3. The van der Waals surface area contributed by atoms with Crippen LogP contribution in [0.4, 0.5) is 0 Å². The van der Waals surface area contributed by atoms with Crippen LogP contribution in [0.1, 0.15) is 51.9 Å². The molecule has 0 aromatic carbocycles. The first kappa shape index (κ1) is 14.3. The highest BCUT2D eigenvalue weighted by Gasteiger charge is 2.35. The van der Waals surface area contributed by atoms with E-state index in [9.17, 15) is 5.11 Å². The third-order valence-corrected chi connectivity index (χ3v) is 4.62. The molecule has 0 aromatic heterocycles. The second-order valence-electron chi connectivity index (χ2n) is 6.03. The van der Waals surface area contributed by atoms with E-state index >= 15 is 0 Å². The lowest BCUT2D eigenvalue weighted by molar-refractivity contribution is -0.0486. The Morgan fingerprint density at radius 2 is 1.67 bits per heavy atom. The third kappa shape index (κ3) is 3.94. The summed E-state index contributed by atoms with van der Waals surface area (Å²) in [6.45, 7) is 8.10. The van der Waals surface area contributed by atoms with Gasteiger partial charge >= 0.3 is 0 Å². The summed E-state index contributed by atoms with van der Waals surface area (Å²) in [5, 5.41) is 10.3. The zero-order chi connectivity index (χ0) is 12.8. The van der Waals surface area contributed by atoms with E-state index in [0.717, 1.165) is 26.1 Å². The van der Waals surface area contributed by atoms with E-state index in [1.807, 2.05) is 0 Å². The Hall–Kier alpha value is -0.120. The van der Waals surface area contributed by atoms with E-state index in [1.165, 1.54) is 51.6 Å². The largest absolute Gasteiger partial charge is 0.391 e. The monoisotopic (exact) mass is 254 g/mol. The van der Waals surface area contributed by atoms with Gasteiger partial charge in [0.1, 0.15) is 0 Å². The van der Waals surface area contributed by atoms with Crippen molar-refractivity contribution in [1.29, 1.82) is 0 Å². The van der Waals surface area contributed by atoms with Crippen LogP contribution in [0.5, 0.6) is 0 Å². The highest BCUT2D eigenvalue weighted by molar-refractivity contribution is 4.91. The minimum absolute atomic E-state index is 0.0979. The van der Waals surface area contributed by atoms with Crippen molar-refractivity contribution >= 4 is 0 Å². The van der Waals surface area contributed by atoms with E-state index in [-0.39, 0.29) is 6.10 Å². The second kappa shape index (κ2) is 7.46. The third-order valence-electron chi connectivity index (χ3n) is 4.62. The van der Waals surface area contributed by atoms with Crippen LogP contribution in [0.3, 0.4) is 0 Å². The fourth-order valence-electron chi connectivity index (χ4n) is 3.35.